The third-order valence-electron chi connectivity index (χ3n) is 5.46. The van der Waals surface area contributed by atoms with Crippen LogP contribution in [0.25, 0.3) is 0 Å². The molecule has 0 bridgehead atoms. The first-order valence-corrected chi connectivity index (χ1v) is 10.2. The number of morpholine rings is 1. The molecule has 0 saturated carbocycles. The van der Waals surface area contributed by atoms with Crippen LogP contribution >= 0.6 is 0 Å². The monoisotopic (exact) mass is 393 g/mol. The number of hydrogen-bond donors (Lipinski definition) is 1. The van der Waals surface area contributed by atoms with Crippen molar-refractivity contribution < 1.29 is 19.3 Å². The van der Waals surface area contributed by atoms with Crippen LogP contribution in [0.2, 0.25) is 0 Å². The first-order chi connectivity index (χ1) is 13.5. The Bertz CT molecular complexity index is 622. The summed E-state index contributed by atoms with van der Waals surface area (Å²) >= 11 is 0. The van der Waals surface area contributed by atoms with Gasteiger partial charge >= 0.3 is 0 Å². The molecule has 3 rings (SSSR count). The molecule has 2 fully saturated rings. The molecular weight excluding hydrogens is 358 g/mol. The Balaban J connectivity index is 1.53. The van der Waals surface area contributed by atoms with Crippen LogP contribution in [0.15, 0.2) is 18.2 Å². The van der Waals surface area contributed by atoms with E-state index in [0.29, 0.717) is 13.2 Å². The van der Waals surface area contributed by atoms with Gasteiger partial charge in [-0.05, 0) is 38.2 Å². The molecule has 2 heterocycles. The molecule has 0 unspecified atom stereocenters. The van der Waals surface area contributed by atoms with Gasteiger partial charge in [0, 0.05) is 45.8 Å². The first-order valence-electron chi connectivity index (χ1n) is 10.2. The van der Waals surface area contributed by atoms with Crippen molar-refractivity contribution in [3.63, 3.8) is 0 Å². The number of likely N-dealkylation sites (N-methyl/N-ethyl adjacent to an activating group) is 1. The predicted octanol–water partition coefficient (Wildman–Crippen LogP) is 0.905. The van der Waals surface area contributed by atoms with Crippen LogP contribution in [-0.4, -0.2) is 106 Å². The van der Waals surface area contributed by atoms with E-state index >= 15 is 0 Å². The summed E-state index contributed by atoms with van der Waals surface area (Å²) in [6.07, 6.45) is 0.813. The van der Waals surface area contributed by atoms with Gasteiger partial charge in [-0.3, -0.25) is 9.80 Å². The minimum absolute atomic E-state index is 0.628. The number of β-amino-alcohol motifs (C(OH)–C–C–N with tert-alkyl or cyclic N) is 1. The molecule has 1 aromatic rings. The van der Waals surface area contributed by atoms with Crippen molar-refractivity contribution in [3.05, 3.63) is 23.8 Å². The summed E-state index contributed by atoms with van der Waals surface area (Å²) in [5.41, 5.74) is 0.545. The second kappa shape index (κ2) is 9.89. The highest BCUT2D eigenvalue weighted by Crippen LogP contribution is 2.30. The van der Waals surface area contributed by atoms with Gasteiger partial charge in [0.25, 0.3) is 0 Å². The van der Waals surface area contributed by atoms with Crippen molar-refractivity contribution in [3.8, 4) is 11.5 Å². The zero-order valence-electron chi connectivity index (χ0n) is 17.5. The van der Waals surface area contributed by atoms with Crippen molar-refractivity contribution in [2.24, 2.45) is 0 Å². The van der Waals surface area contributed by atoms with Gasteiger partial charge in [-0.15, -0.1) is 0 Å². The number of likely N-dealkylation sites (tertiary alicyclic amines) is 1. The van der Waals surface area contributed by atoms with Crippen molar-refractivity contribution in [2.45, 2.75) is 18.6 Å². The molecule has 0 amide bonds. The lowest BCUT2D eigenvalue weighted by molar-refractivity contribution is -0.0266. The standard InChI is InChI=1S/C21H35N3O4/c1-22(2)8-13-28-19-5-4-18(14-20(19)26-3)15-24-7-6-21(25,17-24)16-23-9-11-27-12-10-23/h4-5,14,25H,6-13,15-17H2,1-3H3/t21-/m0/s1. The van der Waals surface area contributed by atoms with E-state index in [4.69, 9.17) is 14.2 Å². The zero-order chi connectivity index (χ0) is 20.0. The van der Waals surface area contributed by atoms with Crippen LogP contribution in [0.5, 0.6) is 11.5 Å². The van der Waals surface area contributed by atoms with Gasteiger partial charge in [0.1, 0.15) is 6.61 Å². The smallest absolute Gasteiger partial charge is 0.161 e. The number of nitrogens with zero attached hydrogens (tertiary/aromatic N) is 3. The first kappa shape index (κ1) is 21.3. The number of rotatable bonds is 9. The number of hydrogen-bond acceptors (Lipinski definition) is 7. The van der Waals surface area contributed by atoms with Crippen molar-refractivity contribution >= 4 is 0 Å². The molecule has 2 saturated heterocycles. The normalized spacial score (nSPS) is 24.0. The van der Waals surface area contributed by atoms with Gasteiger partial charge in [0.15, 0.2) is 11.5 Å². The summed E-state index contributed by atoms with van der Waals surface area (Å²) < 4.78 is 16.8. The minimum Gasteiger partial charge on any atom is -0.493 e. The van der Waals surface area contributed by atoms with Crippen molar-refractivity contribution in [1.82, 2.24) is 14.7 Å². The summed E-state index contributed by atoms with van der Waals surface area (Å²) in [6.45, 7) is 7.99. The Morgan fingerprint density at radius 1 is 1.14 bits per heavy atom. The van der Waals surface area contributed by atoms with Crippen LogP contribution in [0, 0.1) is 0 Å². The zero-order valence-corrected chi connectivity index (χ0v) is 17.5. The lowest BCUT2D eigenvalue weighted by atomic mass is 10.0. The molecule has 7 heteroatoms. The Labute approximate surface area is 168 Å². The van der Waals surface area contributed by atoms with Gasteiger partial charge in [0.2, 0.25) is 0 Å². The van der Waals surface area contributed by atoms with E-state index in [0.717, 1.165) is 70.4 Å². The highest BCUT2D eigenvalue weighted by atomic mass is 16.5. The largest absolute Gasteiger partial charge is 0.493 e. The Kier molecular flexibility index (Phi) is 7.54. The lowest BCUT2D eigenvalue weighted by Gasteiger charge is -2.33. The summed E-state index contributed by atoms with van der Waals surface area (Å²) in [6, 6.07) is 6.12. The fourth-order valence-corrected chi connectivity index (χ4v) is 3.91. The highest BCUT2D eigenvalue weighted by molar-refractivity contribution is 5.43. The number of methoxy groups -OCH3 is 1. The third-order valence-corrected chi connectivity index (χ3v) is 5.46. The van der Waals surface area contributed by atoms with Crippen LogP contribution < -0.4 is 9.47 Å². The number of benzene rings is 1. The minimum atomic E-state index is -0.628. The molecule has 0 aliphatic carbocycles. The molecule has 1 atom stereocenters. The maximum Gasteiger partial charge on any atom is 0.161 e. The van der Waals surface area contributed by atoms with Gasteiger partial charge in [-0.1, -0.05) is 6.07 Å². The van der Waals surface area contributed by atoms with Gasteiger partial charge < -0.3 is 24.2 Å². The molecule has 0 spiro atoms. The van der Waals surface area contributed by atoms with E-state index < -0.39 is 5.60 Å². The molecule has 0 aromatic heterocycles. The molecular formula is C21H35N3O4. The van der Waals surface area contributed by atoms with E-state index in [1.807, 2.05) is 26.2 Å². The predicted molar refractivity (Wildman–Crippen MR) is 109 cm³/mol. The molecule has 158 valence electrons. The fraction of sp³-hybridized carbons (Fsp3) is 0.714. The maximum absolute atomic E-state index is 11.0. The summed E-state index contributed by atoms with van der Waals surface area (Å²) in [7, 11) is 5.73. The van der Waals surface area contributed by atoms with E-state index in [-0.39, 0.29) is 0 Å². The SMILES string of the molecule is COc1cc(CN2CC[C@](O)(CN3CCOCC3)C2)ccc1OCCN(C)C. The topological polar surface area (TPSA) is 57.6 Å². The Hall–Kier alpha value is -1.38. The number of ether oxygens (including phenoxy) is 3. The van der Waals surface area contributed by atoms with E-state index in [9.17, 15) is 5.11 Å². The van der Waals surface area contributed by atoms with Crippen molar-refractivity contribution in [1.29, 1.82) is 0 Å². The quantitative estimate of drug-likeness (QED) is 0.669. The molecule has 1 N–H and O–H groups in total. The summed E-state index contributed by atoms with van der Waals surface area (Å²) in [5.74, 6) is 1.54. The second-order valence-electron chi connectivity index (χ2n) is 8.21. The average Bonchev–Trinajstić information content (AvgIpc) is 3.03. The molecule has 28 heavy (non-hydrogen) atoms. The van der Waals surface area contributed by atoms with Gasteiger partial charge in [-0.25, -0.2) is 0 Å². The third kappa shape index (κ3) is 6.06. The van der Waals surface area contributed by atoms with E-state index in [1.165, 1.54) is 5.56 Å². The van der Waals surface area contributed by atoms with E-state index in [2.05, 4.69) is 20.8 Å². The molecule has 2 aliphatic heterocycles. The molecule has 1 aromatic carbocycles. The van der Waals surface area contributed by atoms with Gasteiger partial charge in [-0.2, -0.15) is 0 Å². The Morgan fingerprint density at radius 3 is 2.64 bits per heavy atom. The summed E-state index contributed by atoms with van der Waals surface area (Å²) in [4.78, 5) is 6.73. The molecule has 7 nitrogen and oxygen atoms in total. The van der Waals surface area contributed by atoms with E-state index in [1.54, 1.807) is 7.11 Å². The van der Waals surface area contributed by atoms with Crippen LogP contribution in [0.4, 0.5) is 0 Å². The Morgan fingerprint density at radius 2 is 1.93 bits per heavy atom. The van der Waals surface area contributed by atoms with Crippen LogP contribution in [0.3, 0.4) is 0 Å². The number of aliphatic hydroxyl groups is 1. The van der Waals surface area contributed by atoms with Crippen molar-refractivity contribution in [2.75, 3.05) is 80.3 Å². The van der Waals surface area contributed by atoms with Crippen LogP contribution in [0.1, 0.15) is 12.0 Å². The maximum atomic E-state index is 11.0. The highest BCUT2D eigenvalue weighted by Gasteiger charge is 2.37. The summed E-state index contributed by atoms with van der Waals surface area (Å²) in [5, 5.41) is 11.0. The van der Waals surface area contributed by atoms with Crippen LogP contribution in [-0.2, 0) is 11.3 Å². The van der Waals surface area contributed by atoms with Gasteiger partial charge in [0.05, 0.1) is 25.9 Å². The second-order valence-corrected chi connectivity index (χ2v) is 8.21. The average molecular weight is 394 g/mol. The fourth-order valence-electron chi connectivity index (χ4n) is 3.91. The molecule has 2 aliphatic rings. The lowest BCUT2D eigenvalue weighted by Crippen LogP contribution is -2.48. The molecule has 0 radical (unpaired) electrons.